The summed E-state index contributed by atoms with van der Waals surface area (Å²) >= 11 is 0. The van der Waals surface area contributed by atoms with Crippen LogP contribution >= 0.6 is 0 Å². The summed E-state index contributed by atoms with van der Waals surface area (Å²) in [6, 6.07) is 31.6. The standard InChI is InChI=1S/4C8H6N2.C8H11N.C7H6N2.2C7H10N2.C7H6N2.C6H8N2O/c1-3-9-6-8-2-4-10-5-7(1)8;1-3-9-5-8-6-10-4-2-7(1)8;1-2-7-6-9-5-3-8(7)10-4-1;1-2-7-3-5-9-6-8(7)10-4-1;1-2-4-8-6-9-5-7(8)3-1;1-2-8-4-7-5-9-3-6(1)7;1-2-6-9-7(3-1)4-5-8-9;1-2-4-9-6-8-5-7(9)3-1;1-2-4-7-6(3-1)5-8-9-7;1-2-9-4-6-3-7-5-8(1)6/h4*1-6H;5H,1-4,6H2;1-4H,5H2;4-5H,1-3,6H2;5-6H,1-4H2;1-5H,(H,8,9);3,5H,1-2,4H2. The van der Waals surface area contributed by atoms with E-state index in [1.807, 2.05) is 172 Å². The minimum Gasteiger partial charge on any atom is -0.373 e. The molecule has 5 aliphatic heterocycles. The number of hydrogen-bond acceptors (Lipinski definition) is 16. The van der Waals surface area contributed by atoms with Crippen LogP contribution in [0.25, 0.3) is 54.3 Å². The van der Waals surface area contributed by atoms with Gasteiger partial charge in [0.2, 0.25) is 0 Å². The molecule has 1 N–H and O–H groups in total. The molecule has 472 valence electrons. The maximum Gasteiger partial charge on any atom is 0.0949 e. The van der Waals surface area contributed by atoms with E-state index in [1.54, 1.807) is 73.1 Å². The molecule has 20 nitrogen and oxygen atoms in total. The maximum atomic E-state index is 5.19. The first-order valence-corrected chi connectivity index (χ1v) is 31.8. The smallest absolute Gasteiger partial charge is 0.0949 e. The highest BCUT2D eigenvalue weighted by atomic mass is 16.5. The molecule has 20 rings (SSSR count). The van der Waals surface area contributed by atoms with Crippen LogP contribution in [0.2, 0.25) is 0 Å². The van der Waals surface area contributed by atoms with Crippen molar-refractivity contribution < 1.29 is 4.74 Å². The summed E-state index contributed by atoms with van der Waals surface area (Å²) in [7, 11) is 0. The zero-order valence-electron chi connectivity index (χ0n) is 52.6. The second kappa shape index (κ2) is 35.4. The number of rotatable bonds is 0. The fraction of sp³-hybridized carbons (Fsp3) is 0.230. The molecular weight excluding hydrogens is 1170 g/mol. The topological polar surface area (TPSA) is 232 Å². The van der Waals surface area contributed by atoms with Crippen molar-refractivity contribution in [2.75, 3.05) is 13.2 Å². The van der Waals surface area contributed by atoms with Crippen molar-refractivity contribution >= 4 is 66.7 Å². The summed E-state index contributed by atoms with van der Waals surface area (Å²) in [5.41, 5.74) is 12.6. The van der Waals surface area contributed by atoms with Crippen molar-refractivity contribution in [3.8, 4) is 0 Å². The van der Waals surface area contributed by atoms with Crippen LogP contribution in [-0.2, 0) is 50.4 Å². The Bertz CT molecular complexity index is 3920. The Morgan fingerprint density at radius 2 is 0.989 bits per heavy atom. The van der Waals surface area contributed by atoms with Gasteiger partial charge in [-0.1, -0.05) is 24.3 Å². The number of imidazole rings is 2. The molecule has 0 saturated heterocycles. The zero-order valence-corrected chi connectivity index (χ0v) is 52.6. The highest BCUT2D eigenvalue weighted by molar-refractivity contribution is 5.84. The van der Waals surface area contributed by atoms with Gasteiger partial charge < -0.3 is 13.9 Å². The molecule has 0 unspecified atom stereocenters. The highest BCUT2D eigenvalue weighted by Gasteiger charge is 2.14. The summed E-state index contributed by atoms with van der Waals surface area (Å²) < 4.78 is 11.6. The van der Waals surface area contributed by atoms with Gasteiger partial charge in [0, 0.05) is 192 Å². The number of para-hydroxylation sites is 1. The molecule has 20 heteroatoms. The molecule has 0 atom stereocenters. The third kappa shape index (κ3) is 19.4. The minimum atomic E-state index is 0.722. The van der Waals surface area contributed by atoms with Gasteiger partial charge in [-0.2, -0.15) is 10.2 Å². The maximum absolute atomic E-state index is 5.19. The van der Waals surface area contributed by atoms with Crippen LogP contribution in [0.5, 0.6) is 0 Å². The predicted octanol–water partition coefficient (Wildman–Crippen LogP) is 13.9. The Morgan fingerprint density at radius 3 is 1.70 bits per heavy atom. The lowest BCUT2D eigenvalue weighted by molar-refractivity contribution is 0.0850. The van der Waals surface area contributed by atoms with Crippen LogP contribution in [0.4, 0.5) is 0 Å². The summed E-state index contributed by atoms with van der Waals surface area (Å²) in [5, 5.41) is 18.9. The van der Waals surface area contributed by atoms with Crippen LogP contribution in [0.3, 0.4) is 0 Å². The fourth-order valence-electron chi connectivity index (χ4n) is 10.8. The van der Waals surface area contributed by atoms with E-state index in [4.69, 9.17) is 4.74 Å². The number of ether oxygens (including phenoxy) is 1. The molecule has 0 saturated carbocycles. The Kier molecular flexibility index (Phi) is 24.2. The van der Waals surface area contributed by atoms with Gasteiger partial charge in [-0.15, -0.1) is 0 Å². The van der Waals surface area contributed by atoms with Crippen molar-refractivity contribution in [1.82, 2.24) is 83.9 Å². The van der Waals surface area contributed by atoms with Crippen molar-refractivity contribution in [1.29, 1.82) is 0 Å². The normalized spacial score (nSPS) is 13.9. The predicted molar refractivity (Wildman–Crippen MR) is 371 cm³/mol. The number of aliphatic imine (C=N–C) groups is 2. The van der Waals surface area contributed by atoms with Gasteiger partial charge in [-0.3, -0.25) is 64.6 Å². The van der Waals surface area contributed by atoms with E-state index in [-0.39, 0.29) is 0 Å². The Morgan fingerprint density at radius 1 is 0.383 bits per heavy atom. The summed E-state index contributed by atoms with van der Waals surface area (Å²) in [5.74, 6) is 0. The molecule has 18 heterocycles. The van der Waals surface area contributed by atoms with Gasteiger partial charge in [-0.25, -0.2) is 9.97 Å². The van der Waals surface area contributed by atoms with Gasteiger partial charge in [0.15, 0.2) is 0 Å². The average molecular weight is 1250 g/mol. The Hall–Kier alpha value is -11.3. The first kappa shape index (κ1) is 64.3. The molecule has 0 fully saturated rings. The third-order valence-corrected chi connectivity index (χ3v) is 15.9. The van der Waals surface area contributed by atoms with Gasteiger partial charge in [0.05, 0.1) is 79.8 Å². The molecule has 0 amide bonds. The highest BCUT2D eigenvalue weighted by Crippen LogP contribution is 2.26. The number of pyridine rings is 9. The Balaban J connectivity index is 0.000000107. The first-order chi connectivity index (χ1) is 46.7. The van der Waals surface area contributed by atoms with Crippen molar-refractivity contribution in [2.24, 2.45) is 9.98 Å². The molecule has 13 aromatic heterocycles. The zero-order chi connectivity index (χ0) is 63.9. The lowest BCUT2D eigenvalue weighted by Gasteiger charge is -2.13. The molecule has 14 aromatic rings. The average Bonchev–Trinajstić information content (AvgIpc) is 4.26. The van der Waals surface area contributed by atoms with Crippen molar-refractivity contribution in [2.45, 2.75) is 97.0 Å². The van der Waals surface area contributed by atoms with Crippen LogP contribution in [-0.4, -0.2) is 110 Å². The third-order valence-electron chi connectivity index (χ3n) is 15.9. The van der Waals surface area contributed by atoms with Gasteiger partial charge in [0.1, 0.15) is 0 Å². The van der Waals surface area contributed by atoms with Crippen LogP contribution < -0.4 is 0 Å². The number of fused-ring (bicyclic) bond motifs is 9. The molecule has 0 radical (unpaired) electrons. The van der Waals surface area contributed by atoms with Crippen LogP contribution in [0.15, 0.2) is 255 Å². The first-order valence-electron chi connectivity index (χ1n) is 31.8. The molecule has 0 spiro atoms. The van der Waals surface area contributed by atoms with Crippen LogP contribution in [0.1, 0.15) is 79.6 Å². The number of H-pyrrole nitrogens is 1. The lowest BCUT2D eigenvalue weighted by Crippen LogP contribution is -2.14. The number of aryl methyl sites for hydroxylation is 4. The molecule has 0 bridgehead atoms. The van der Waals surface area contributed by atoms with E-state index in [9.17, 15) is 0 Å². The summed E-state index contributed by atoms with van der Waals surface area (Å²) in [6.07, 6.45) is 57.0. The minimum absolute atomic E-state index is 0.722. The molecule has 6 aliphatic rings. The fourth-order valence-corrected chi connectivity index (χ4v) is 10.8. The number of hydrogen-bond donors (Lipinski definition) is 1. The van der Waals surface area contributed by atoms with E-state index >= 15 is 0 Å². The number of aromatic nitrogens is 17. The van der Waals surface area contributed by atoms with Gasteiger partial charge in [-0.05, 0) is 154 Å². The Labute approximate surface area is 545 Å². The van der Waals surface area contributed by atoms with E-state index in [1.165, 1.54) is 104 Å². The molecule has 94 heavy (non-hydrogen) atoms. The number of nitrogens with one attached hydrogen (secondary N) is 1. The summed E-state index contributed by atoms with van der Waals surface area (Å²) in [6.45, 7) is 6.62. The molecule has 1 aliphatic carbocycles. The van der Waals surface area contributed by atoms with Gasteiger partial charge >= 0.3 is 0 Å². The quantitative estimate of drug-likeness (QED) is 0.149. The number of allylic oxidation sites excluding steroid dienone is 1. The largest absolute Gasteiger partial charge is 0.373 e. The lowest BCUT2D eigenvalue weighted by atomic mass is 9.94. The van der Waals surface area contributed by atoms with E-state index < -0.39 is 0 Å². The molecular formula is C74H75N19O. The van der Waals surface area contributed by atoms with E-state index in [0.717, 1.165) is 88.3 Å². The SMILES string of the molecule is C1=NCC2=C1CCCC2.C1=NCc2cnccc21.c1cc2ccncc2cn1.c1cc2cnccc2cn1.c1cc2n(n1)CCCC2.c1ccc2[nH]ncc2c1.c1cnc2ccncc2c1.c1cnc2cnccc2c1.c1ncn2c1CCCC2.c1ncn2c1COCC2. The van der Waals surface area contributed by atoms with Crippen molar-refractivity contribution in [3.63, 3.8) is 0 Å². The van der Waals surface area contributed by atoms with E-state index in [2.05, 4.69) is 106 Å². The number of nitrogens with zero attached hydrogens (tertiary/aromatic N) is 18. The second-order valence-electron chi connectivity index (χ2n) is 22.3. The van der Waals surface area contributed by atoms with Crippen LogP contribution in [0, 0.1) is 0 Å². The number of aromatic amines is 1. The van der Waals surface area contributed by atoms with E-state index in [0.29, 0.717) is 0 Å². The monoisotopic (exact) mass is 1250 g/mol. The van der Waals surface area contributed by atoms with Crippen molar-refractivity contribution in [3.05, 3.63) is 273 Å². The van der Waals surface area contributed by atoms with Gasteiger partial charge in [0.25, 0.3) is 0 Å². The molecule has 1 aromatic carbocycles. The number of benzene rings is 1. The summed E-state index contributed by atoms with van der Waals surface area (Å²) in [4.78, 5) is 52.4. The second-order valence-corrected chi connectivity index (χ2v) is 22.3.